The Labute approximate surface area is 144 Å². The van der Waals surface area contributed by atoms with Crippen LogP contribution in [0.4, 0.5) is 5.82 Å². The first-order chi connectivity index (χ1) is 11.7. The van der Waals surface area contributed by atoms with E-state index in [9.17, 15) is 4.79 Å². The molecule has 1 heterocycles. The van der Waals surface area contributed by atoms with E-state index in [0.29, 0.717) is 18.7 Å². The van der Waals surface area contributed by atoms with E-state index in [0.717, 1.165) is 24.3 Å². The smallest absolute Gasteiger partial charge is 0.254 e. The highest BCUT2D eigenvalue weighted by molar-refractivity contribution is 5.94. The summed E-state index contributed by atoms with van der Waals surface area (Å²) in [5, 5.41) is 3.30. The summed E-state index contributed by atoms with van der Waals surface area (Å²) in [6.07, 6.45) is 5.21. The van der Waals surface area contributed by atoms with Crippen molar-refractivity contribution in [3.8, 4) is 0 Å². The number of carbonyl (C=O) groups excluding carboxylic acids is 1. The highest BCUT2D eigenvalue weighted by Gasteiger charge is 2.15. The molecule has 4 nitrogen and oxygen atoms in total. The molecule has 4 heteroatoms. The van der Waals surface area contributed by atoms with E-state index < -0.39 is 0 Å². The molecule has 1 aromatic heterocycles. The number of hydrogen-bond donors (Lipinski definition) is 1. The molecule has 1 aromatic carbocycles. The van der Waals surface area contributed by atoms with E-state index in [1.807, 2.05) is 48.2 Å². The molecule has 1 N–H and O–H groups in total. The molecule has 2 rings (SSSR count). The summed E-state index contributed by atoms with van der Waals surface area (Å²) in [5.41, 5.74) is 1.82. The van der Waals surface area contributed by atoms with Crippen molar-refractivity contribution < 1.29 is 4.79 Å². The van der Waals surface area contributed by atoms with Crippen molar-refractivity contribution in [3.63, 3.8) is 0 Å². The van der Waals surface area contributed by atoms with E-state index in [-0.39, 0.29) is 5.91 Å². The van der Waals surface area contributed by atoms with Gasteiger partial charge in [0.1, 0.15) is 5.82 Å². The summed E-state index contributed by atoms with van der Waals surface area (Å²) in [4.78, 5) is 18.9. The fourth-order valence-electron chi connectivity index (χ4n) is 2.57. The largest absolute Gasteiger partial charge is 0.370 e. The van der Waals surface area contributed by atoms with Crippen LogP contribution in [0.15, 0.2) is 48.7 Å². The molecule has 0 aliphatic carbocycles. The van der Waals surface area contributed by atoms with Gasteiger partial charge in [-0.15, -0.1) is 0 Å². The zero-order valence-electron chi connectivity index (χ0n) is 14.7. The van der Waals surface area contributed by atoms with Gasteiger partial charge >= 0.3 is 0 Å². The van der Waals surface area contributed by atoms with Crippen molar-refractivity contribution in [2.24, 2.45) is 0 Å². The number of nitrogens with zero attached hydrogens (tertiary/aromatic N) is 2. The van der Waals surface area contributed by atoms with E-state index in [4.69, 9.17) is 0 Å². The Morgan fingerprint density at radius 1 is 1.12 bits per heavy atom. The standard InChI is InChI=1S/C20H27N3O/c1-3-5-9-13-21-19-15-18(12-14-22-19)20(24)23(4-2)16-17-10-7-6-8-11-17/h6-8,10-12,14-15H,3-5,9,13,16H2,1-2H3,(H,21,22). The maximum Gasteiger partial charge on any atom is 0.254 e. The van der Waals surface area contributed by atoms with Crippen LogP contribution >= 0.6 is 0 Å². The van der Waals surface area contributed by atoms with Gasteiger partial charge in [-0.1, -0.05) is 50.1 Å². The van der Waals surface area contributed by atoms with Crippen molar-refractivity contribution in [1.29, 1.82) is 0 Å². The molecule has 0 atom stereocenters. The summed E-state index contributed by atoms with van der Waals surface area (Å²) in [5.74, 6) is 0.813. The molecule has 0 saturated carbocycles. The van der Waals surface area contributed by atoms with Crippen LogP contribution in [-0.2, 0) is 6.54 Å². The summed E-state index contributed by atoms with van der Waals surface area (Å²) >= 11 is 0. The van der Waals surface area contributed by atoms with Crippen molar-refractivity contribution in [3.05, 3.63) is 59.8 Å². The zero-order chi connectivity index (χ0) is 17.2. The number of benzene rings is 1. The van der Waals surface area contributed by atoms with Gasteiger partial charge in [0, 0.05) is 31.4 Å². The number of carbonyl (C=O) groups is 1. The third-order valence-electron chi connectivity index (χ3n) is 3.98. The molecule has 128 valence electrons. The quantitative estimate of drug-likeness (QED) is 0.697. The van der Waals surface area contributed by atoms with Crippen molar-refractivity contribution >= 4 is 11.7 Å². The van der Waals surface area contributed by atoms with E-state index >= 15 is 0 Å². The van der Waals surface area contributed by atoms with Crippen LogP contribution in [-0.4, -0.2) is 28.9 Å². The van der Waals surface area contributed by atoms with Gasteiger partial charge in [0.2, 0.25) is 0 Å². The second-order valence-electron chi connectivity index (χ2n) is 5.87. The number of rotatable bonds is 9. The number of hydrogen-bond acceptors (Lipinski definition) is 3. The van der Waals surface area contributed by atoms with Crippen molar-refractivity contribution in [1.82, 2.24) is 9.88 Å². The molecule has 0 unspecified atom stereocenters. The monoisotopic (exact) mass is 325 g/mol. The van der Waals surface area contributed by atoms with E-state index in [1.54, 1.807) is 12.3 Å². The predicted molar refractivity (Wildman–Crippen MR) is 99.1 cm³/mol. The Hall–Kier alpha value is -2.36. The Morgan fingerprint density at radius 3 is 2.62 bits per heavy atom. The lowest BCUT2D eigenvalue weighted by molar-refractivity contribution is 0.0752. The number of unbranched alkanes of at least 4 members (excludes halogenated alkanes) is 2. The van der Waals surface area contributed by atoms with Gasteiger partial charge < -0.3 is 10.2 Å². The molecular formula is C20H27N3O. The van der Waals surface area contributed by atoms with E-state index in [2.05, 4.69) is 17.2 Å². The van der Waals surface area contributed by atoms with Crippen molar-refractivity contribution in [2.75, 3.05) is 18.4 Å². The average molecular weight is 325 g/mol. The number of amides is 1. The molecule has 1 amide bonds. The SMILES string of the molecule is CCCCCNc1cc(C(=O)N(CC)Cc2ccccc2)ccn1. The Bertz CT molecular complexity index is 628. The van der Waals surface area contributed by atoms with Crippen LogP contribution in [0.5, 0.6) is 0 Å². The number of pyridine rings is 1. The highest BCUT2D eigenvalue weighted by Crippen LogP contribution is 2.13. The van der Waals surface area contributed by atoms with Crippen LogP contribution < -0.4 is 5.32 Å². The lowest BCUT2D eigenvalue weighted by Gasteiger charge is -2.21. The number of anilines is 1. The summed E-state index contributed by atoms with van der Waals surface area (Å²) in [7, 11) is 0. The molecule has 0 fully saturated rings. The number of aromatic nitrogens is 1. The first-order valence-electron chi connectivity index (χ1n) is 8.77. The van der Waals surface area contributed by atoms with E-state index in [1.165, 1.54) is 12.8 Å². The minimum absolute atomic E-state index is 0.0420. The van der Waals surface area contributed by atoms with Gasteiger partial charge in [-0.3, -0.25) is 4.79 Å². The number of nitrogens with one attached hydrogen (secondary N) is 1. The van der Waals surface area contributed by atoms with Gasteiger partial charge in [-0.25, -0.2) is 4.98 Å². The first kappa shape index (κ1) is 18.0. The Kier molecular flexibility index (Phi) is 7.27. The molecule has 0 aliphatic heterocycles. The molecule has 0 radical (unpaired) electrons. The normalized spacial score (nSPS) is 10.4. The second-order valence-corrected chi connectivity index (χ2v) is 5.87. The predicted octanol–water partition coefficient (Wildman–Crippen LogP) is 4.35. The minimum atomic E-state index is 0.0420. The highest BCUT2D eigenvalue weighted by atomic mass is 16.2. The van der Waals surface area contributed by atoms with Crippen molar-refractivity contribution in [2.45, 2.75) is 39.7 Å². The van der Waals surface area contributed by atoms with Gasteiger partial charge in [-0.05, 0) is 31.0 Å². The molecule has 0 saturated heterocycles. The van der Waals surface area contributed by atoms with Crippen LogP contribution in [0.1, 0.15) is 49.0 Å². The fraction of sp³-hybridized carbons (Fsp3) is 0.400. The first-order valence-corrected chi connectivity index (χ1v) is 8.77. The van der Waals surface area contributed by atoms with Crippen LogP contribution in [0, 0.1) is 0 Å². The average Bonchev–Trinajstić information content (AvgIpc) is 2.64. The summed E-state index contributed by atoms with van der Waals surface area (Å²) in [6, 6.07) is 13.7. The maximum atomic E-state index is 12.8. The molecular weight excluding hydrogens is 298 g/mol. The zero-order valence-corrected chi connectivity index (χ0v) is 14.7. The molecule has 2 aromatic rings. The molecule has 0 spiro atoms. The second kappa shape index (κ2) is 9.71. The third kappa shape index (κ3) is 5.37. The lowest BCUT2D eigenvalue weighted by atomic mass is 10.1. The van der Waals surface area contributed by atoms with Crippen LogP contribution in [0.2, 0.25) is 0 Å². The van der Waals surface area contributed by atoms with Gasteiger partial charge in [0.15, 0.2) is 0 Å². The van der Waals surface area contributed by atoms with Gasteiger partial charge in [0.05, 0.1) is 0 Å². The molecule has 24 heavy (non-hydrogen) atoms. The summed E-state index contributed by atoms with van der Waals surface area (Å²) in [6.45, 7) is 6.38. The molecule has 0 aliphatic rings. The minimum Gasteiger partial charge on any atom is -0.370 e. The van der Waals surface area contributed by atoms with Gasteiger partial charge in [0.25, 0.3) is 5.91 Å². The summed E-state index contributed by atoms with van der Waals surface area (Å²) < 4.78 is 0. The molecule has 0 bridgehead atoms. The van der Waals surface area contributed by atoms with Crippen LogP contribution in [0.3, 0.4) is 0 Å². The van der Waals surface area contributed by atoms with Crippen LogP contribution in [0.25, 0.3) is 0 Å². The fourth-order valence-corrected chi connectivity index (χ4v) is 2.57. The third-order valence-corrected chi connectivity index (χ3v) is 3.98. The van der Waals surface area contributed by atoms with Gasteiger partial charge in [-0.2, -0.15) is 0 Å². The maximum absolute atomic E-state index is 12.8. The lowest BCUT2D eigenvalue weighted by Crippen LogP contribution is -2.30. The topological polar surface area (TPSA) is 45.2 Å². The Balaban J connectivity index is 2.01. The Morgan fingerprint density at radius 2 is 1.92 bits per heavy atom.